The fourth-order valence-electron chi connectivity index (χ4n) is 2.89. The van der Waals surface area contributed by atoms with Crippen LogP contribution in [0.5, 0.6) is 0 Å². The van der Waals surface area contributed by atoms with E-state index in [0.29, 0.717) is 6.04 Å². The predicted molar refractivity (Wildman–Crippen MR) is 72.5 cm³/mol. The summed E-state index contributed by atoms with van der Waals surface area (Å²) in [5.41, 5.74) is 0. The molecular formula is C13H28N4. The molecule has 0 radical (unpaired) electrons. The molecule has 2 saturated heterocycles. The van der Waals surface area contributed by atoms with Gasteiger partial charge in [0.15, 0.2) is 0 Å². The van der Waals surface area contributed by atoms with Crippen LogP contribution < -0.4 is 5.32 Å². The summed E-state index contributed by atoms with van der Waals surface area (Å²) in [4.78, 5) is 7.73. The summed E-state index contributed by atoms with van der Waals surface area (Å²) in [6.07, 6.45) is 1.32. The Hall–Kier alpha value is -0.160. The monoisotopic (exact) mass is 240 g/mol. The lowest BCUT2D eigenvalue weighted by Crippen LogP contribution is -2.49. The first kappa shape index (κ1) is 13.3. The second-order valence-electron chi connectivity index (χ2n) is 5.59. The highest BCUT2D eigenvalue weighted by Gasteiger charge is 2.20. The molecule has 0 aromatic heterocycles. The SMILES string of the molecule is CC(CN1CCNCC1)N1CCCN(C)CC1. The Bertz CT molecular complexity index is 215. The minimum absolute atomic E-state index is 0.708. The van der Waals surface area contributed by atoms with Crippen molar-refractivity contribution >= 4 is 0 Å². The smallest absolute Gasteiger partial charge is 0.0195 e. The predicted octanol–water partition coefficient (Wildman–Crippen LogP) is -0.0824. The first-order chi connectivity index (χ1) is 8.25. The zero-order valence-electron chi connectivity index (χ0n) is 11.5. The Morgan fingerprint density at radius 1 is 1.00 bits per heavy atom. The van der Waals surface area contributed by atoms with Crippen molar-refractivity contribution < 1.29 is 0 Å². The third-order valence-electron chi connectivity index (χ3n) is 4.11. The quantitative estimate of drug-likeness (QED) is 0.745. The van der Waals surface area contributed by atoms with E-state index < -0.39 is 0 Å². The summed E-state index contributed by atoms with van der Waals surface area (Å²) in [6, 6.07) is 0.708. The summed E-state index contributed by atoms with van der Waals surface area (Å²) in [6.45, 7) is 13.4. The molecule has 4 nitrogen and oxygen atoms in total. The first-order valence-electron chi connectivity index (χ1n) is 7.11. The Kier molecular flexibility index (Phi) is 5.22. The van der Waals surface area contributed by atoms with Crippen molar-refractivity contribution in [3.8, 4) is 0 Å². The van der Waals surface area contributed by atoms with Crippen molar-refractivity contribution in [1.29, 1.82) is 0 Å². The van der Waals surface area contributed by atoms with Crippen LogP contribution in [-0.2, 0) is 0 Å². The van der Waals surface area contributed by atoms with Crippen LogP contribution in [0.1, 0.15) is 13.3 Å². The van der Waals surface area contributed by atoms with Gasteiger partial charge in [0.2, 0.25) is 0 Å². The molecule has 1 unspecified atom stereocenters. The molecule has 1 N–H and O–H groups in total. The van der Waals surface area contributed by atoms with Crippen LogP contribution in [0.4, 0.5) is 0 Å². The van der Waals surface area contributed by atoms with Crippen molar-refractivity contribution in [3.05, 3.63) is 0 Å². The highest BCUT2D eigenvalue weighted by molar-refractivity contribution is 4.77. The summed E-state index contributed by atoms with van der Waals surface area (Å²) in [5, 5.41) is 3.42. The van der Waals surface area contributed by atoms with Crippen LogP contribution in [0.15, 0.2) is 0 Å². The van der Waals surface area contributed by atoms with Crippen LogP contribution in [0.25, 0.3) is 0 Å². The van der Waals surface area contributed by atoms with Gasteiger partial charge < -0.3 is 10.2 Å². The summed E-state index contributed by atoms with van der Waals surface area (Å²) in [5.74, 6) is 0. The van der Waals surface area contributed by atoms with E-state index in [0.717, 1.165) is 13.1 Å². The lowest BCUT2D eigenvalue weighted by Gasteiger charge is -2.34. The van der Waals surface area contributed by atoms with Gasteiger partial charge in [-0.3, -0.25) is 9.80 Å². The van der Waals surface area contributed by atoms with E-state index >= 15 is 0 Å². The van der Waals surface area contributed by atoms with Gasteiger partial charge in [0.25, 0.3) is 0 Å². The molecule has 0 spiro atoms. The van der Waals surface area contributed by atoms with Crippen molar-refractivity contribution in [2.45, 2.75) is 19.4 Å². The van der Waals surface area contributed by atoms with E-state index in [4.69, 9.17) is 0 Å². The van der Waals surface area contributed by atoms with E-state index in [1.165, 1.54) is 52.2 Å². The largest absolute Gasteiger partial charge is 0.314 e. The Morgan fingerprint density at radius 2 is 1.76 bits per heavy atom. The van der Waals surface area contributed by atoms with Gasteiger partial charge in [0, 0.05) is 51.9 Å². The number of nitrogens with zero attached hydrogens (tertiary/aromatic N) is 3. The molecule has 2 rings (SSSR count). The van der Waals surface area contributed by atoms with Crippen molar-refractivity contribution in [3.63, 3.8) is 0 Å². The summed E-state index contributed by atoms with van der Waals surface area (Å²) >= 11 is 0. The number of piperazine rings is 1. The normalized spacial score (nSPS) is 27.9. The second-order valence-corrected chi connectivity index (χ2v) is 5.59. The maximum absolute atomic E-state index is 3.42. The van der Waals surface area contributed by atoms with Crippen LogP contribution in [0, 0.1) is 0 Å². The Balaban J connectivity index is 1.75. The van der Waals surface area contributed by atoms with Crippen molar-refractivity contribution in [2.24, 2.45) is 0 Å². The molecule has 2 aliphatic rings. The molecule has 17 heavy (non-hydrogen) atoms. The van der Waals surface area contributed by atoms with E-state index in [-0.39, 0.29) is 0 Å². The molecule has 0 bridgehead atoms. The number of hydrogen-bond donors (Lipinski definition) is 1. The molecule has 0 aromatic rings. The van der Waals surface area contributed by atoms with Crippen LogP contribution in [-0.4, -0.2) is 86.7 Å². The third kappa shape index (κ3) is 4.21. The van der Waals surface area contributed by atoms with Crippen LogP contribution in [0.3, 0.4) is 0 Å². The number of hydrogen-bond acceptors (Lipinski definition) is 4. The van der Waals surface area contributed by atoms with E-state index in [2.05, 4.69) is 34.0 Å². The van der Waals surface area contributed by atoms with Gasteiger partial charge >= 0.3 is 0 Å². The second kappa shape index (κ2) is 6.69. The average Bonchev–Trinajstić information content (AvgIpc) is 2.55. The zero-order valence-corrected chi connectivity index (χ0v) is 11.5. The fourth-order valence-corrected chi connectivity index (χ4v) is 2.89. The van der Waals surface area contributed by atoms with Gasteiger partial charge in [-0.2, -0.15) is 0 Å². The average molecular weight is 240 g/mol. The number of likely N-dealkylation sites (N-methyl/N-ethyl adjacent to an activating group) is 1. The molecule has 0 saturated carbocycles. The van der Waals surface area contributed by atoms with Crippen molar-refractivity contribution in [1.82, 2.24) is 20.0 Å². The molecule has 1 atom stereocenters. The maximum atomic E-state index is 3.42. The third-order valence-corrected chi connectivity index (χ3v) is 4.11. The van der Waals surface area contributed by atoms with Gasteiger partial charge in [-0.25, -0.2) is 0 Å². The van der Waals surface area contributed by atoms with Gasteiger partial charge in [-0.15, -0.1) is 0 Å². The molecule has 0 aromatic carbocycles. The number of rotatable bonds is 3. The molecule has 0 amide bonds. The summed E-state index contributed by atoms with van der Waals surface area (Å²) < 4.78 is 0. The minimum atomic E-state index is 0.708. The first-order valence-corrected chi connectivity index (χ1v) is 7.11. The van der Waals surface area contributed by atoms with Gasteiger partial charge in [0.1, 0.15) is 0 Å². The lowest BCUT2D eigenvalue weighted by atomic mass is 10.2. The zero-order chi connectivity index (χ0) is 12.1. The molecule has 2 fully saturated rings. The fraction of sp³-hybridized carbons (Fsp3) is 1.00. The van der Waals surface area contributed by atoms with E-state index in [1.807, 2.05) is 0 Å². The van der Waals surface area contributed by atoms with Gasteiger partial charge in [-0.1, -0.05) is 0 Å². The van der Waals surface area contributed by atoms with Crippen LogP contribution in [0.2, 0.25) is 0 Å². The molecule has 100 valence electrons. The van der Waals surface area contributed by atoms with Gasteiger partial charge in [-0.05, 0) is 33.5 Å². The topological polar surface area (TPSA) is 21.8 Å². The Morgan fingerprint density at radius 3 is 2.53 bits per heavy atom. The van der Waals surface area contributed by atoms with Crippen molar-refractivity contribution in [2.75, 3.05) is 66.0 Å². The molecular weight excluding hydrogens is 212 g/mol. The maximum Gasteiger partial charge on any atom is 0.0195 e. The minimum Gasteiger partial charge on any atom is -0.314 e. The van der Waals surface area contributed by atoms with E-state index in [1.54, 1.807) is 0 Å². The standard InChI is InChI=1S/C13H28N4/c1-13(12-16-8-4-14-5-9-16)17-7-3-6-15(2)10-11-17/h13-14H,3-12H2,1-2H3. The molecule has 2 heterocycles. The lowest BCUT2D eigenvalue weighted by molar-refractivity contribution is 0.142. The Labute approximate surface area is 106 Å². The van der Waals surface area contributed by atoms with Crippen LogP contribution >= 0.6 is 0 Å². The number of nitrogens with one attached hydrogen (secondary N) is 1. The molecule has 4 heteroatoms. The van der Waals surface area contributed by atoms with E-state index in [9.17, 15) is 0 Å². The highest BCUT2D eigenvalue weighted by atomic mass is 15.3. The molecule has 2 aliphatic heterocycles. The summed E-state index contributed by atoms with van der Waals surface area (Å²) in [7, 11) is 2.24. The highest BCUT2D eigenvalue weighted by Crippen LogP contribution is 2.08. The van der Waals surface area contributed by atoms with Gasteiger partial charge in [0.05, 0.1) is 0 Å². The molecule has 0 aliphatic carbocycles.